The van der Waals surface area contributed by atoms with Gasteiger partial charge in [0.2, 0.25) is 0 Å². The van der Waals surface area contributed by atoms with E-state index in [4.69, 9.17) is 11.6 Å². The van der Waals surface area contributed by atoms with E-state index in [0.29, 0.717) is 10.6 Å². The summed E-state index contributed by atoms with van der Waals surface area (Å²) in [5, 5.41) is 0.639. The van der Waals surface area contributed by atoms with Crippen LogP contribution in [0.1, 0.15) is 42.3 Å². The molecule has 2 rings (SSSR count). The molecule has 0 aliphatic carbocycles. The molecule has 2 aromatic carbocycles. The van der Waals surface area contributed by atoms with Crippen molar-refractivity contribution in [1.29, 1.82) is 0 Å². The predicted octanol–water partition coefficient (Wildman–Crippen LogP) is 4.87. The average Bonchev–Trinajstić information content (AvgIpc) is 2.38. The Bertz CT molecular complexity index is 591. The number of carbonyl (C=O) groups is 1. The quantitative estimate of drug-likeness (QED) is 0.713. The van der Waals surface area contributed by atoms with Crippen LogP contribution in [0.5, 0.6) is 0 Å². The van der Waals surface area contributed by atoms with Gasteiger partial charge in [-0.2, -0.15) is 0 Å². The molecule has 0 atom stereocenters. The molecule has 0 bridgehead atoms. The summed E-state index contributed by atoms with van der Waals surface area (Å²) in [4.78, 5) is 12.6. The third-order valence-electron chi connectivity index (χ3n) is 3.09. The number of hydrogen-bond acceptors (Lipinski definition) is 1. The Kier molecular flexibility index (Phi) is 3.77. The first-order valence-electron chi connectivity index (χ1n) is 6.29. The molecule has 0 aromatic heterocycles. The second kappa shape index (κ2) is 5.18. The van der Waals surface area contributed by atoms with Crippen molar-refractivity contribution < 1.29 is 4.79 Å². The molecule has 0 aliphatic heterocycles. The summed E-state index contributed by atoms with van der Waals surface area (Å²) in [5.74, 6) is 0.0437. The highest BCUT2D eigenvalue weighted by molar-refractivity contribution is 6.30. The van der Waals surface area contributed by atoms with E-state index in [2.05, 4.69) is 20.8 Å². The predicted molar refractivity (Wildman–Crippen MR) is 80.0 cm³/mol. The van der Waals surface area contributed by atoms with Crippen molar-refractivity contribution in [3.8, 4) is 0 Å². The Labute approximate surface area is 119 Å². The van der Waals surface area contributed by atoms with Gasteiger partial charge in [0.25, 0.3) is 0 Å². The molecule has 0 amide bonds. The van der Waals surface area contributed by atoms with Crippen LogP contribution in [0.4, 0.5) is 0 Å². The van der Waals surface area contributed by atoms with Gasteiger partial charge in [0.15, 0.2) is 5.78 Å². The van der Waals surface area contributed by atoms with E-state index in [0.717, 1.165) is 11.1 Å². The Morgan fingerprint density at radius 1 is 0.947 bits per heavy atom. The molecule has 98 valence electrons. The van der Waals surface area contributed by atoms with Crippen molar-refractivity contribution in [3.05, 3.63) is 70.2 Å². The van der Waals surface area contributed by atoms with Crippen molar-refractivity contribution in [2.75, 3.05) is 0 Å². The van der Waals surface area contributed by atoms with E-state index in [1.54, 1.807) is 24.3 Å². The molecule has 0 saturated carbocycles. The summed E-state index contributed by atoms with van der Waals surface area (Å²) in [6, 6.07) is 14.8. The highest BCUT2D eigenvalue weighted by Gasteiger charge is 2.21. The first kappa shape index (κ1) is 13.8. The molecule has 0 saturated heterocycles. The summed E-state index contributed by atoms with van der Waals surface area (Å²) < 4.78 is 0. The Morgan fingerprint density at radius 3 is 2.11 bits per heavy atom. The first-order chi connectivity index (χ1) is 8.89. The lowest BCUT2D eigenvalue weighted by atomic mass is 9.82. The highest BCUT2D eigenvalue weighted by atomic mass is 35.5. The highest BCUT2D eigenvalue weighted by Crippen LogP contribution is 2.27. The van der Waals surface area contributed by atoms with Crippen LogP contribution in [-0.2, 0) is 5.41 Å². The van der Waals surface area contributed by atoms with E-state index < -0.39 is 0 Å². The molecular weight excluding hydrogens is 256 g/mol. The minimum absolute atomic E-state index is 0.0437. The number of rotatable bonds is 2. The Hall–Kier alpha value is -1.60. The van der Waals surface area contributed by atoms with Crippen molar-refractivity contribution in [1.82, 2.24) is 0 Å². The van der Waals surface area contributed by atoms with Gasteiger partial charge in [0.1, 0.15) is 0 Å². The normalized spacial score (nSPS) is 11.4. The smallest absolute Gasteiger partial charge is 0.193 e. The van der Waals surface area contributed by atoms with Crippen molar-refractivity contribution >= 4 is 17.4 Å². The molecule has 0 heterocycles. The monoisotopic (exact) mass is 272 g/mol. The molecule has 0 aliphatic rings. The first-order valence-corrected chi connectivity index (χ1v) is 6.67. The number of halogens is 1. The van der Waals surface area contributed by atoms with Gasteiger partial charge in [-0.25, -0.2) is 0 Å². The van der Waals surface area contributed by atoms with Crippen LogP contribution < -0.4 is 0 Å². The summed E-state index contributed by atoms with van der Waals surface area (Å²) in [5.41, 5.74) is 2.44. The third kappa shape index (κ3) is 3.05. The molecule has 0 fully saturated rings. The number of benzene rings is 2. The molecular formula is C17H17ClO. The van der Waals surface area contributed by atoms with Gasteiger partial charge in [-0.1, -0.05) is 56.6 Å². The van der Waals surface area contributed by atoms with Gasteiger partial charge >= 0.3 is 0 Å². The molecule has 2 heteroatoms. The third-order valence-corrected chi connectivity index (χ3v) is 3.34. The van der Waals surface area contributed by atoms with Crippen LogP contribution >= 0.6 is 11.6 Å². The zero-order chi connectivity index (χ0) is 14.0. The van der Waals surface area contributed by atoms with Crippen molar-refractivity contribution in [2.24, 2.45) is 0 Å². The second-order valence-electron chi connectivity index (χ2n) is 5.63. The van der Waals surface area contributed by atoms with E-state index in [1.165, 1.54) is 0 Å². The van der Waals surface area contributed by atoms with Gasteiger partial charge in [0.05, 0.1) is 0 Å². The van der Waals surface area contributed by atoms with Gasteiger partial charge in [-0.05, 0) is 35.2 Å². The zero-order valence-corrected chi connectivity index (χ0v) is 12.2. The lowest BCUT2D eigenvalue weighted by molar-refractivity contribution is 0.103. The lowest BCUT2D eigenvalue weighted by Gasteiger charge is -2.22. The van der Waals surface area contributed by atoms with E-state index in [-0.39, 0.29) is 11.2 Å². The lowest BCUT2D eigenvalue weighted by Crippen LogP contribution is -2.17. The fourth-order valence-electron chi connectivity index (χ4n) is 2.09. The van der Waals surface area contributed by atoms with Gasteiger partial charge in [-0.3, -0.25) is 4.79 Å². The maximum atomic E-state index is 12.6. The summed E-state index contributed by atoms with van der Waals surface area (Å²) in [6.45, 7) is 6.34. The van der Waals surface area contributed by atoms with Gasteiger partial charge < -0.3 is 0 Å². The van der Waals surface area contributed by atoms with E-state index >= 15 is 0 Å². The van der Waals surface area contributed by atoms with E-state index in [1.807, 2.05) is 24.3 Å². The minimum Gasteiger partial charge on any atom is -0.289 e. The van der Waals surface area contributed by atoms with Crippen LogP contribution in [0.2, 0.25) is 5.02 Å². The van der Waals surface area contributed by atoms with Crippen LogP contribution in [0.25, 0.3) is 0 Å². The molecule has 2 aromatic rings. The average molecular weight is 273 g/mol. The van der Waals surface area contributed by atoms with Crippen molar-refractivity contribution in [2.45, 2.75) is 26.2 Å². The number of hydrogen-bond donors (Lipinski definition) is 0. The van der Waals surface area contributed by atoms with Crippen molar-refractivity contribution in [3.63, 3.8) is 0 Å². The zero-order valence-electron chi connectivity index (χ0n) is 11.4. The molecule has 1 nitrogen and oxygen atoms in total. The fourth-order valence-corrected chi connectivity index (χ4v) is 2.22. The van der Waals surface area contributed by atoms with Gasteiger partial charge in [0, 0.05) is 16.1 Å². The number of carbonyl (C=O) groups excluding carboxylic acids is 1. The Morgan fingerprint density at radius 2 is 1.53 bits per heavy atom. The maximum Gasteiger partial charge on any atom is 0.193 e. The summed E-state index contributed by atoms with van der Waals surface area (Å²) in [6.07, 6.45) is 0. The minimum atomic E-state index is -0.0569. The standard InChI is InChI=1S/C17H17ClO/c1-17(2,3)15-7-5-4-6-14(15)16(19)12-8-10-13(18)11-9-12/h4-11H,1-3H3. The number of ketones is 1. The van der Waals surface area contributed by atoms with Gasteiger partial charge in [-0.15, -0.1) is 0 Å². The van der Waals surface area contributed by atoms with Crippen LogP contribution in [-0.4, -0.2) is 5.78 Å². The largest absolute Gasteiger partial charge is 0.289 e. The molecule has 0 spiro atoms. The van der Waals surface area contributed by atoms with E-state index in [9.17, 15) is 4.79 Å². The SMILES string of the molecule is CC(C)(C)c1ccccc1C(=O)c1ccc(Cl)cc1. The molecule has 0 radical (unpaired) electrons. The molecule has 19 heavy (non-hydrogen) atoms. The van der Waals surface area contributed by atoms with Crippen LogP contribution in [0.3, 0.4) is 0 Å². The van der Waals surface area contributed by atoms with Crippen LogP contribution in [0.15, 0.2) is 48.5 Å². The fraction of sp³-hybridized carbons (Fsp3) is 0.235. The van der Waals surface area contributed by atoms with Crippen LogP contribution in [0, 0.1) is 0 Å². The Balaban J connectivity index is 2.48. The topological polar surface area (TPSA) is 17.1 Å². The maximum absolute atomic E-state index is 12.6. The summed E-state index contributed by atoms with van der Waals surface area (Å²) in [7, 11) is 0. The molecule has 0 unspecified atom stereocenters. The second-order valence-corrected chi connectivity index (χ2v) is 6.07. The molecule has 0 N–H and O–H groups in total. The summed E-state index contributed by atoms with van der Waals surface area (Å²) >= 11 is 5.85.